The molecule has 4 aliphatic carbocycles. The lowest BCUT2D eigenvalue weighted by Gasteiger charge is -2.47. The summed E-state index contributed by atoms with van der Waals surface area (Å²) in [4.78, 5) is 192. The van der Waals surface area contributed by atoms with E-state index in [-0.39, 0.29) is 89.9 Å². The third kappa shape index (κ3) is 20.1. The highest BCUT2D eigenvalue weighted by molar-refractivity contribution is 6.01. The standard InChI is InChI=1S/C73H116F6N12O13/c1-13-43(5)61-69(101)85(9)42-59(94)87(11)53-25-18-17-21-34-90(68(53)100)55(37-44-26-29-47(74)30-27-44)67(99)84(8)41-57(92)80-51(31-28-45-35-49(75)60(50(76)36-45)73(77,78)79)65(97)91-40-48(104-16-4)38-54(91)64(96)82-72(32-22-33-72)71(103)88(12)62(46-23-19-20-24-46)70(102)89(15-3)56(66(98)83(6)7)39-58(93)86(10)52(14-2)63(95)81-61/h43-56,60-62H,13-42H2,1-12H3,(H,80,92)(H,81,95)(H,82,96)/t43-,44?,45?,47?,48+,49?,50?,51-,52-,53-,54-,55-,56-,60?,61-,62-/m0/s1. The van der Waals surface area contributed by atoms with Crippen LogP contribution >= 0.6 is 0 Å². The van der Waals surface area contributed by atoms with Crippen LogP contribution in [0.25, 0.3) is 0 Å². The Kier molecular flexibility index (Phi) is 30.2. The van der Waals surface area contributed by atoms with Crippen LogP contribution in [-0.2, 0) is 62.3 Å². The molecule has 3 aliphatic heterocycles. The summed E-state index contributed by atoms with van der Waals surface area (Å²) in [5, 5.41) is 8.49. The molecule has 3 saturated heterocycles. The molecule has 588 valence electrons. The van der Waals surface area contributed by atoms with E-state index in [0.717, 1.165) is 19.6 Å². The first-order valence-electron chi connectivity index (χ1n) is 38.0. The summed E-state index contributed by atoms with van der Waals surface area (Å²) >= 11 is 0. The fourth-order valence-electron chi connectivity index (χ4n) is 17.0. The van der Waals surface area contributed by atoms with Gasteiger partial charge in [-0.15, -0.1) is 0 Å². The number of halogens is 6. The van der Waals surface area contributed by atoms with Gasteiger partial charge in [-0.05, 0) is 147 Å². The van der Waals surface area contributed by atoms with Crippen molar-refractivity contribution < 1.29 is 88.6 Å². The lowest BCUT2D eigenvalue weighted by atomic mass is 9.74. The Morgan fingerprint density at radius 3 is 1.83 bits per heavy atom. The van der Waals surface area contributed by atoms with E-state index in [4.69, 9.17) is 4.74 Å². The number of nitrogens with zero attached hydrogens (tertiary/aromatic N) is 9. The van der Waals surface area contributed by atoms with Gasteiger partial charge in [0.2, 0.25) is 70.9 Å². The second-order valence-corrected chi connectivity index (χ2v) is 30.8. The van der Waals surface area contributed by atoms with E-state index in [2.05, 4.69) is 16.0 Å². The number of carbonyl (C=O) groups excluding carboxylic acids is 12. The van der Waals surface area contributed by atoms with Gasteiger partial charge in [-0.1, -0.05) is 52.9 Å². The van der Waals surface area contributed by atoms with E-state index in [9.17, 15) is 46.3 Å². The lowest BCUT2D eigenvalue weighted by Crippen LogP contribution is -2.68. The molecule has 7 aliphatic rings. The topological polar surface area (TPSA) is 279 Å². The van der Waals surface area contributed by atoms with Crippen molar-refractivity contribution in [3.05, 3.63) is 0 Å². The van der Waals surface area contributed by atoms with Gasteiger partial charge in [-0.25, -0.2) is 13.2 Å². The average molecular weight is 1480 g/mol. The molecule has 12 amide bonds. The van der Waals surface area contributed by atoms with Crippen molar-refractivity contribution in [2.24, 2.45) is 29.6 Å². The van der Waals surface area contributed by atoms with E-state index in [1.807, 2.05) is 0 Å². The molecule has 31 heteroatoms. The second kappa shape index (κ2) is 37.1. The highest BCUT2D eigenvalue weighted by Gasteiger charge is 2.56. The number of hydrogen-bond acceptors (Lipinski definition) is 13. The van der Waals surface area contributed by atoms with Crippen molar-refractivity contribution in [1.29, 1.82) is 0 Å². The minimum atomic E-state index is -5.18. The molecule has 7 rings (SSSR count). The Bertz CT molecular complexity index is 3030. The Morgan fingerprint density at radius 2 is 1.26 bits per heavy atom. The number of carbonyl (C=O) groups is 12. The maximum absolute atomic E-state index is 15.6. The highest BCUT2D eigenvalue weighted by atomic mass is 19.4. The smallest absolute Gasteiger partial charge is 0.377 e. The Morgan fingerprint density at radius 1 is 0.635 bits per heavy atom. The summed E-state index contributed by atoms with van der Waals surface area (Å²) in [7, 11) is 9.84. The number of nitrogens with one attached hydrogen (secondary N) is 3. The highest BCUT2D eigenvalue weighted by Crippen LogP contribution is 2.45. The van der Waals surface area contributed by atoms with Crippen LogP contribution in [0, 0.1) is 29.6 Å². The van der Waals surface area contributed by atoms with Gasteiger partial charge >= 0.3 is 6.18 Å². The van der Waals surface area contributed by atoms with E-state index in [1.54, 1.807) is 34.6 Å². The molecule has 3 N–H and O–H groups in total. The van der Waals surface area contributed by atoms with Gasteiger partial charge in [-0.3, -0.25) is 57.5 Å². The molecular formula is C73H116F6N12O13. The SMILES string of the molecule is CCO[C@@H]1C[C@H]2C(=O)NC3(CCC3)C(=O)N(C)[C@@H](C3CCCC3)C(=O)N(CC)[C@H](C(=O)N(C)C)CC(=O)N(C)[C@@H](CC)C(=O)N[C@@H]([C@@H](C)CC)C(=O)N(C)CC(=O)N(C)[C@H]3CCCCCN(C3=O)[C@@H](CC3CCC(F)CC3)C(=O)N(C)CC(=O)N[C@@H](CCC3CC(F)C(C(F)(F)F)C(F)C3)C(=O)N2C1. The first-order chi connectivity index (χ1) is 49.0. The zero-order valence-corrected chi connectivity index (χ0v) is 63.1. The third-order valence-electron chi connectivity index (χ3n) is 23.6. The summed E-state index contributed by atoms with van der Waals surface area (Å²) in [6.07, 6.45) is -8.99. The zero-order valence-electron chi connectivity index (χ0n) is 63.1. The van der Waals surface area contributed by atoms with Gasteiger partial charge in [0, 0.05) is 82.0 Å². The fourth-order valence-corrected chi connectivity index (χ4v) is 17.0. The summed E-state index contributed by atoms with van der Waals surface area (Å²) in [6.45, 7) is 6.96. The third-order valence-corrected chi connectivity index (χ3v) is 23.6. The van der Waals surface area contributed by atoms with Crippen molar-refractivity contribution in [2.45, 2.75) is 273 Å². The molecule has 2 bridgehead atoms. The number of rotatable bonds is 13. The molecule has 0 aromatic carbocycles. The number of likely N-dealkylation sites (N-methyl/N-ethyl adjacent to an activating group) is 7. The number of hydrogen-bond donors (Lipinski definition) is 3. The van der Waals surface area contributed by atoms with Gasteiger partial charge < -0.3 is 64.8 Å². The molecule has 0 radical (unpaired) electrons. The summed E-state index contributed by atoms with van der Waals surface area (Å²) in [6, 6.07) is -10.7. The van der Waals surface area contributed by atoms with Crippen LogP contribution < -0.4 is 16.0 Å². The Labute approximate surface area is 609 Å². The number of ether oxygens (including phenoxy) is 1. The lowest BCUT2D eigenvalue weighted by molar-refractivity contribution is -0.219. The van der Waals surface area contributed by atoms with Crippen molar-refractivity contribution in [3.8, 4) is 0 Å². The maximum atomic E-state index is 15.6. The summed E-state index contributed by atoms with van der Waals surface area (Å²) in [5.41, 5.74) is -1.65. The quantitative estimate of drug-likeness (QED) is 0.193. The molecule has 1 spiro atoms. The molecule has 4 saturated carbocycles. The molecule has 7 fully saturated rings. The monoisotopic (exact) mass is 1480 g/mol. The van der Waals surface area contributed by atoms with Gasteiger partial charge in [0.05, 0.1) is 25.6 Å². The largest absolute Gasteiger partial charge is 0.397 e. The molecule has 0 aromatic heterocycles. The van der Waals surface area contributed by atoms with Crippen LogP contribution in [0.4, 0.5) is 26.3 Å². The molecular weight excluding hydrogens is 1370 g/mol. The molecule has 25 nitrogen and oxygen atoms in total. The van der Waals surface area contributed by atoms with Crippen LogP contribution in [0.2, 0.25) is 0 Å². The molecule has 3 heterocycles. The van der Waals surface area contributed by atoms with Crippen molar-refractivity contribution in [1.82, 2.24) is 60.0 Å². The average Bonchev–Trinajstić information content (AvgIpc) is 1.18. The fraction of sp³-hybridized carbons (Fsp3) is 0.836. The number of fused-ring (bicyclic) bond motifs is 3. The van der Waals surface area contributed by atoms with Crippen LogP contribution in [0.5, 0.6) is 0 Å². The predicted molar refractivity (Wildman–Crippen MR) is 372 cm³/mol. The van der Waals surface area contributed by atoms with Gasteiger partial charge in [0.1, 0.15) is 78.3 Å². The van der Waals surface area contributed by atoms with E-state index < -0.39 is 218 Å². The molecule has 12 atom stereocenters. The van der Waals surface area contributed by atoms with Gasteiger partial charge in [-0.2, -0.15) is 13.2 Å². The minimum Gasteiger partial charge on any atom is -0.377 e. The first kappa shape index (κ1) is 84.4. The molecule has 2 unspecified atom stereocenters. The Balaban J connectivity index is 1.31. The minimum absolute atomic E-state index is 0.0319. The van der Waals surface area contributed by atoms with E-state index >= 15 is 37.5 Å². The van der Waals surface area contributed by atoms with Crippen LogP contribution in [0.3, 0.4) is 0 Å². The summed E-state index contributed by atoms with van der Waals surface area (Å²) in [5.74, 6) is -13.9. The second-order valence-electron chi connectivity index (χ2n) is 30.8. The van der Waals surface area contributed by atoms with E-state index in [0.29, 0.717) is 70.6 Å². The Hall–Kier alpha value is -6.82. The number of amides is 12. The molecule has 0 aromatic rings. The predicted octanol–water partition coefficient (Wildman–Crippen LogP) is 5.49. The van der Waals surface area contributed by atoms with Gasteiger partial charge in [0.25, 0.3) is 0 Å². The molecule has 104 heavy (non-hydrogen) atoms. The first-order valence-corrected chi connectivity index (χ1v) is 38.0. The van der Waals surface area contributed by atoms with Crippen LogP contribution in [0.1, 0.15) is 189 Å². The van der Waals surface area contributed by atoms with Gasteiger partial charge in [0.15, 0.2) is 0 Å². The van der Waals surface area contributed by atoms with Crippen LogP contribution in [-0.4, -0.2) is 288 Å². The van der Waals surface area contributed by atoms with E-state index in [1.165, 1.54) is 73.8 Å². The zero-order chi connectivity index (χ0) is 77.0. The summed E-state index contributed by atoms with van der Waals surface area (Å²) < 4.78 is 93.5. The van der Waals surface area contributed by atoms with Crippen molar-refractivity contribution >= 4 is 70.9 Å². The van der Waals surface area contributed by atoms with Crippen molar-refractivity contribution in [3.63, 3.8) is 0 Å². The van der Waals surface area contributed by atoms with Crippen molar-refractivity contribution in [2.75, 3.05) is 88.7 Å². The normalized spacial score (nSPS) is 32.4. The maximum Gasteiger partial charge on any atom is 0.397 e. The van der Waals surface area contributed by atoms with Crippen LogP contribution in [0.15, 0.2) is 0 Å². The number of alkyl halides is 6.